The van der Waals surface area contributed by atoms with Crippen LogP contribution in [0.5, 0.6) is 0 Å². The molecule has 152 valence electrons. The lowest BCUT2D eigenvalue weighted by atomic mass is 10.2. The lowest BCUT2D eigenvalue weighted by molar-refractivity contribution is -0.145. The topological polar surface area (TPSA) is 114 Å². The number of hydrogen-bond acceptors (Lipinski definition) is 7. The number of benzene rings is 1. The van der Waals surface area contributed by atoms with Gasteiger partial charge in [0.1, 0.15) is 5.69 Å². The first-order chi connectivity index (χ1) is 13.5. The molecule has 0 fully saturated rings. The van der Waals surface area contributed by atoms with Crippen LogP contribution in [0, 0.1) is 0 Å². The molecule has 0 aliphatic heterocycles. The molecule has 29 heavy (non-hydrogen) atoms. The van der Waals surface area contributed by atoms with E-state index in [0.29, 0.717) is 20.2 Å². The number of carbonyl (C=O) groups is 1. The molecule has 0 saturated heterocycles. The Kier molecular flexibility index (Phi) is 5.00. The van der Waals surface area contributed by atoms with Crippen LogP contribution in [0.3, 0.4) is 0 Å². The summed E-state index contributed by atoms with van der Waals surface area (Å²) < 4.78 is 39.8. The van der Waals surface area contributed by atoms with Gasteiger partial charge in [0.05, 0.1) is 10.7 Å². The zero-order valence-electron chi connectivity index (χ0n) is 14.6. The molecule has 3 aromatic rings. The van der Waals surface area contributed by atoms with Crippen LogP contribution in [0.4, 0.5) is 13.2 Å². The van der Waals surface area contributed by atoms with Gasteiger partial charge in [-0.05, 0) is 23.4 Å². The smallest absolute Gasteiger partial charge is 0.301 e. The predicted octanol–water partition coefficient (Wildman–Crippen LogP) is 0.837. The third kappa shape index (κ3) is 3.89. The molecule has 0 unspecified atom stereocenters. The Hall–Kier alpha value is -3.48. The fraction of sp³-hybridized carbons (Fsp3) is 0.200. The van der Waals surface area contributed by atoms with E-state index in [2.05, 4.69) is 20.2 Å². The van der Waals surface area contributed by atoms with Crippen LogP contribution in [0.15, 0.2) is 33.9 Å². The fourth-order valence-corrected chi connectivity index (χ4v) is 2.62. The number of alkyl halides is 3. The quantitative estimate of drug-likeness (QED) is 0.565. The molecule has 0 saturated carbocycles. The summed E-state index contributed by atoms with van der Waals surface area (Å²) in [6.07, 6.45) is -4.88. The Balaban J connectivity index is 2.15. The minimum Gasteiger partial charge on any atom is -0.301 e. The summed E-state index contributed by atoms with van der Waals surface area (Å²) in [6, 6.07) is 4.08. The van der Waals surface area contributed by atoms with Gasteiger partial charge < -0.3 is 4.84 Å². The molecule has 0 spiro atoms. The number of aromatic nitrogens is 6. The van der Waals surface area contributed by atoms with E-state index in [1.54, 1.807) is 0 Å². The number of halogens is 4. The zero-order chi connectivity index (χ0) is 21.5. The number of tetrazole rings is 1. The van der Waals surface area contributed by atoms with Crippen molar-refractivity contribution in [2.45, 2.75) is 13.1 Å². The van der Waals surface area contributed by atoms with Crippen molar-refractivity contribution in [3.63, 3.8) is 0 Å². The van der Waals surface area contributed by atoms with Gasteiger partial charge in [-0.15, -0.1) is 5.10 Å². The van der Waals surface area contributed by atoms with Crippen LogP contribution < -0.4 is 16.1 Å². The maximum absolute atomic E-state index is 13.0. The van der Waals surface area contributed by atoms with E-state index in [0.717, 1.165) is 14.0 Å². The summed E-state index contributed by atoms with van der Waals surface area (Å²) in [6.45, 7) is 1.11. The normalized spacial score (nSPS) is 11.5. The summed E-state index contributed by atoms with van der Waals surface area (Å²) in [5, 5.41) is 11.0. The number of nitrogens with zero attached hydrogens (tertiary/aromatic N) is 6. The van der Waals surface area contributed by atoms with Gasteiger partial charge in [0, 0.05) is 30.6 Å². The second-order valence-corrected chi connectivity index (χ2v) is 6.06. The Morgan fingerprint density at radius 1 is 1.21 bits per heavy atom. The molecular weight excluding hydrogens is 421 g/mol. The Morgan fingerprint density at radius 2 is 1.90 bits per heavy atom. The first kappa shape index (κ1) is 20.3. The van der Waals surface area contributed by atoms with E-state index in [4.69, 9.17) is 11.6 Å². The molecule has 1 aromatic carbocycles. The van der Waals surface area contributed by atoms with Crippen molar-refractivity contribution >= 4 is 17.6 Å². The molecule has 0 amide bonds. The summed E-state index contributed by atoms with van der Waals surface area (Å²) in [5.74, 6) is -0.830. The minimum atomic E-state index is -4.88. The lowest BCUT2D eigenvalue weighted by Crippen LogP contribution is -2.40. The molecule has 0 aliphatic rings. The SMILES string of the molecule is CC(=O)On1nnc(-c2cc(-n3c(=O)cc(C(F)(F)F)n(C)c3=O)ccc2Cl)n1. The highest BCUT2D eigenvalue weighted by atomic mass is 35.5. The molecule has 0 bridgehead atoms. The number of hydrogen-bond donors (Lipinski definition) is 0. The Bertz CT molecular complexity index is 1230. The van der Waals surface area contributed by atoms with Crippen LogP contribution in [-0.4, -0.2) is 35.5 Å². The van der Waals surface area contributed by atoms with Crippen molar-refractivity contribution in [3.05, 3.63) is 55.8 Å². The summed E-state index contributed by atoms with van der Waals surface area (Å²) in [5.41, 5.74) is -3.77. The first-order valence-electron chi connectivity index (χ1n) is 7.68. The molecule has 3 rings (SSSR count). The van der Waals surface area contributed by atoms with E-state index >= 15 is 0 Å². The number of rotatable bonds is 3. The molecule has 0 aliphatic carbocycles. The van der Waals surface area contributed by atoms with Gasteiger partial charge in [0.15, 0.2) is 0 Å². The third-order valence-electron chi connectivity index (χ3n) is 3.67. The van der Waals surface area contributed by atoms with Gasteiger partial charge in [-0.1, -0.05) is 16.7 Å². The summed E-state index contributed by atoms with van der Waals surface area (Å²) in [7, 11) is 0.893. The molecule has 14 heteroatoms. The molecule has 2 heterocycles. The molecule has 2 aromatic heterocycles. The average molecular weight is 431 g/mol. The van der Waals surface area contributed by atoms with Crippen LogP contribution in [0.1, 0.15) is 12.6 Å². The largest absolute Gasteiger partial charge is 0.431 e. The lowest BCUT2D eigenvalue weighted by Gasteiger charge is -2.14. The van der Waals surface area contributed by atoms with Gasteiger partial charge in [0.25, 0.3) is 5.56 Å². The monoisotopic (exact) mass is 430 g/mol. The molecular formula is C15H10ClF3N6O4. The first-order valence-corrected chi connectivity index (χ1v) is 8.06. The second kappa shape index (κ2) is 7.16. The highest BCUT2D eigenvalue weighted by molar-refractivity contribution is 6.33. The van der Waals surface area contributed by atoms with Gasteiger partial charge >= 0.3 is 17.8 Å². The molecule has 0 atom stereocenters. The van der Waals surface area contributed by atoms with E-state index in [1.807, 2.05) is 0 Å². The van der Waals surface area contributed by atoms with Crippen molar-refractivity contribution in [2.75, 3.05) is 0 Å². The van der Waals surface area contributed by atoms with Crippen molar-refractivity contribution in [1.29, 1.82) is 0 Å². The highest BCUT2D eigenvalue weighted by Gasteiger charge is 2.35. The van der Waals surface area contributed by atoms with Gasteiger partial charge in [0.2, 0.25) is 5.82 Å². The minimum absolute atomic E-state index is 0.0763. The van der Waals surface area contributed by atoms with Crippen LogP contribution >= 0.6 is 11.6 Å². The number of carbonyl (C=O) groups excluding carboxylic acids is 1. The van der Waals surface area contributed by atoms with E-state index in [-0.39, 0.29) is 22.1 Å². The van der Waals surface area contributed by atoms with Crippen molar-refractivity contribution < 1.29 is 22.8 Å². The van der Waals surface area contributed by atoms with Gasteiger partial charge in [-0.3, -0.25) is 9.36 Å². The fourth-order valence-electron chi connectivity index (χ4n) is 2.42. The third-order valence-corrected chi connectivity index (χ3v) is 4.00. The van der Waals surface area contributed by atoms with E-state index < -0.39 is 29.1 Å². The van der Waals surface area contributed by atoms with Crippen LogP contribution in [0.2, 0.25) is 5.02 Å². The Morgan fingerprint density at radius 3 is 2.52 bits per heavy atom. The van der Waals surface area contributed by atoms with Crippen LogP contribution in [0.25, 0.3) is 17.1 Å². The second-order valence-electron chi connectivity index (χ2n) is 5.66. The maximum atomic E-state index is 13.0. The van der Waals surface area contributed by atoms with Crippen molar-refractivity contribution in [1.82, 2.24) is 29.5 Å². The molecule has 0 radical (unpaired) electrons. The van der Waals surface area contributed by atoms with E-state index in [1.165, 1.54) is 18.2 Å². The average Bonchev–Trinajstić information content (AvgIpc) is 3.06. The van der Waals surface area contributed by atoms with Crippen molar-refractivity contribution in [2.24, 2.45) is 7.05 Å². The standard InChI is InChI=1S/C15H10ClF3N6O4/c1-7(26)29-25-21-13(20-22-25)9-5-8(3-4-10(9)16)24-12(27)6-11(15(17,18)19)23(2)14(24)28/h3-6H,1-2H3. The maximum Gasteiger partial charge on any atom is 0.431 e. The zero-order valence-corrected chi connectivity index (χ0v) is 15.4. The van der Waals surface area contributed by atoms with E-state index in [9.17, 15) is 27.6 Å². The highest BCUT2D eigenvalue weighted by Crippen LogP contribution is 2.28. The Labute approximate surface area is 163 Å². The summed E-state index contributed by atoms with van der Waals surface area (Å²) >= 11 is 6.08. The molecule has 10 nitrogen and oxygen atoms in total. The predicted molar refractivity (Wildman–Crippen MR) is 91.4 cm³/mol. The van der Waals surface area contributed by atoms with Crippen LogP contribution in [-0.2, 0) is 18.0 Å². The summed E-state index contributed by atoms with van der Waals surface area (Å²) in [4.78, 5) is 40.7. The van der Waals surface area contributed by atoms with Crippen molar-refractivity contribution in [3.8, 4) is 17.1 Å². The molecule has 0 N–H and O–H groups in total. The van der Waals surface area contributed by atoms with Gasteiger partial charge in [-0.2, -0.15) is 13.2 Å². The van der Waals surface area contributed by atoms with Gasteiger partial charge in [-0.25, -0.2) is 14.2 Å².